The van der Waals surface area contributed by atoms with Crippen molar-refractivity contribution in [3.05, 3.63) is 82.2 Å². The van der Waals surface area contributed by atoms with E-state index < -0.39 is 0 Å². The molecule has 4 aromatic rings. The number of hydrogen-bond donors (Lipinski definition) is 0. The number of rotatable bonds is 3. The molecule has 5 nitrogen and oxygen atoms in total. The number of nitrogens with zero attached hydrogens (tertiary/aromatic N) is 3. The predicted octanol–water partition coefficient (Wildman–Crippen LogP) is 4.55. The minimum atomic E-state index is -0.376. The Balaban J connectivity index is 0.00000245. The molecule has 5 rings (SSSR count). The van der Waals surface area contributed by atoms with Crippen LogP contribution in [0.25, 0.3) is 27.7 Å². The highest BCUT2D eigenvalue weighted by Gasteiger charge is 2.21. The predicted molar refractivity (Wildman–Crippen MR) is 128 cm³/mol. The molecule has 32 heavy (non-hydrogen) atoms. The number of aryl methyl sites for hydroxylation is 1. The molecule has 0 saturated carbocycles. The molecular formula is C25H25ClFN3O2. The van der Waals surface area contributed by atoms with E-state index in [1.54, 1.807) is 22.9 Å². The summed E-state index contributed by atoms with van der Waals surface area (Å²) in [5.41, 5.74) is 5.93. The zero-order valence-electron chi connectivity index (χ0n) is 18.3. The lowest BCUT2D eigenvalue weighted by Gasteiger charge is -2.23. The van der Waals surface area contributed by atoms with Crippen LogP contribution in [-0.4, -0.2) is 34.7 Å². The Bertz CT molecular complexity index is 1380. The highest BCUT2D eigenvalue weighted by atomic mass is 35.5. The van der Waals surface area contributed by atoms with Gasteiger partial charge in [0, 0.05) is 61.5 Å². The van der Waals surface area contributed by atoms with Crippen molar-refractivity contribution in [2.24, 2.45) is 7.05 Å². The van der Waals surface area contributed by atoms with E-state index in [-0.39, 0.29) is 23.8 Å². The fourth-order valence-corrected chi connectivity index (χ4v) is 4.61. The highest BCUT2D eigenvalue weighted by molar-refractivity contribution is 5.87. The molecule has 3 heterocycles. The first kappa shape index (κ1) is 22.1. The minimum absolute atomic E-state index is 0. The summed E-state index contributed by atoms with van der Waals surface area (Å²) in [6, 6.07) is 13.9. The fraction of sp³-hybridized carbons (Fsp3) is 0.240. The third kappa shape index (κ3) is 3.59. The molecule has 0 radical (unpaired) electrons. The maximum Gasteiger partial charge on any atom is 0.255 e. The third-order valence-corrected chi connectivity index (χ3v) is 6.25. The zero-order valence-corrected chi connectivity index (χ0v) is 19.1. The van der Waals surface area contributed by atoms with E-state index >= 15 is 0 Å². The number of likely N-dealkylation sites (N-methyl/N-ethyl adjacent to an activating group) is 1. The molecule has 0 aliphatic carbocycles. The van der Waals surface area contributed by atoms with E-state index in [9.17, 15) is 9.18 Å². The summed E-state index contributed by atoms with van der Waals surface area (Å²) >= 11 is 0. The molecular weight excluding hydrogens is 429 g/mol. The van der Waals surface area contributed by atoms with Crippen LogP contribution in [0.15, 0.2) is 59.5 Å². The van der Waals surface area contributed by atoms with E-state index in [1.165, 1.54) is 35.9 Å². The molecule has 166 valence electrons. The molecule has 0 bridgehead atoms. The zero-order chi connectivity index (χ0) is 21.7. The molecule has 0 unspecified atom stereocenters. The van der Waals surface area contributed by atoms with Gasteiger partial charge < -0.3 is 14.2 Å². The van der Waals surface area contributed by atoms with Gasteiger partial charge in [0.25, 0.3) is 5.56 Å². The van der Waals surface area contributed by atoms with Gasteiger partial charge in [0.15, 0.2) is 0 Å². The van der Waals surface area contributed by atoms with Gasteiger partial charge in [-0.25, -0.2) is 4.39 Å². The number of pyridine rings is 1. The molecule has 0 amide bonds. The molecule has 7 heteroatoms. The van der Waals surface area contributed by atoms with E-state index in [0.717, 1.165) is 30.7 Å². The standard InChI is InChI=1S/C25H24FN3O2.ClH/c1-27-10-9-22-21(15-27)20-7-5-18(14-23(20)28(22)2)29-11-8-16(12-25(29)30)19-6-4-17(26)13-24(19)31-3;/h4-8,11-14H,9-10,15H2,1-3H3;1H. The normalized spacial score (nSPS) is 13.6. The Morgan fingerprint density at radius 1 is 1.03 bits per heavy atom. The summed E-state index contributed by atoms with van der Waals surface area (Å²) in [6.07, 6.45) is 2.79. The Labute approximate surface area is 192 Å². The lowest BCUT2D eigenvalue weighted by atomic mass is 10.0. The summed E-state index contributed by atoms with van der Waals surface area (Å²) in [6.45, 7) is 2.00. The monoisotopic (exact) mass is 453 g/mol. The smallest absolute Gasteiger partial charge is 0.255 e. The summed E-state index contributed by atoms with van der Waals surface area (Å²) in [7, 11) is 5.74. The molecule has 0 N–H and O–H groups in total. The van der Waals surface area contributed by atoms with E-state index in [2.05, 4.69) is 35.7 Å². The number of benzene rings is 2. The van der Waals surface area contributed by atoms with Crippen LogP contribution in [0.5, 0.6) is 5.75 Å². The Kier molecular flexibility index (Phi) is 5.84. The van der Waals surface area contributed by atoms with Gasteiger partial charge in [0.05, 0.1) is 18.3 Å². The molecule has 1 aliphatic heterocycles. The van der Waals surface area contributed by atoms with Crippen LogP contribution in [-0.2, 0) is 20.0 Å². The fourth-order valence-electron chi connectivity index (χ4n) is 4.61. The lowest BCUT2D eigenvalue weighted by Crippen LogP contribution is -2.26. The quantitative estimate of drug-likeness (QED) is 0.456. The maximum absolute atomic E-state index is 13.5. The second-order valence-corrected chi connectivity index (χ2v) is 8.14. The van der Waals surface area contributed by atoms with Gasteiger partial charge in [-0.2, -0.15) is 0 Å². The van der Waals surface area contributed by atoms with Gasteiger partial charge in [0.1, 0.15) is 11.6 Å². The van der Waals surface area contributed by atoms with Gasteiger partial charge in [-0.1, -0.05) is 6.07 Å². The SMILES string of the molecule is COc1cc(F)ccc1-c1ccn(-c2ccc3c4c(n(C)c3c2)CCN(C)C4)c(=O)c1.Cl. The van der Waals surface area contributed by atoms with Crippen molar-refractivity contribution in [1.29, 1.82) is 0 Å². The third-order valence-electron chi connectivity index (χ3n) is 6.25. The van der Waals surface area contributed by atoms with Crippen LogP contribution in [0, 0.1) is 5.82 Å². The van der Waals surface area contributed by atoms with Gasteiger partial charge in [-0.3, -0.25) is 9.36 Å². The van der Waals surface area contributed by atoms with Crippen LogP contribution < -0.4 is 10.3 Å². The van der Waals surface area contributed by atoms with Crippen LogP contribution in [0.2, 0.25) is 0 Å². The Morgan fingerprint density at radius 2 is 1.84 bits per heavy atom. The Morgan fingerprint density at radius 3 is 2.59 bits per heavy atom. The van der Waals surface area contributed by atoms with E-state index in [1.807, 2.05) is 12.1 Å². The average Bonchev–Trinajstić information content (AvgIpc) is 3.04. The second-order valence-electron chi connectivity index (χ2n) is 8.14. The number of hydrogen-bond acceptors (Lipinski definition) is 3. The van der Waals surface area contributed by atoms with Gasteiger partial charge in [-0.05, 0) is 48.5 Å². The second kappa shape index (κ2) is 8.45. The number of ether oxygens (including phenoxy) is 1. The molecule has 0 atom stereocenters. The molecule has 0 saturated heterocycles. The molecule has 0 fully saturated rings. The number of fused-ring (bicyclic) bond motifs is 3. The maximum atomic E-state index is 13.5. The van der Waals surface area contributed by atoms with Crippen LogP contribution >= 0.6 is 12.4 Å². The summed E-state index contributed by atoms with van der Waals surface area (Å²) in [5.74, 6) is 0.0247. The van der Waals surface area contributed by atoms with Crippen molar-refractivity contribution >= 4 is 23.3 Å². The van der Waals surface area contributed by atoms with Crippen molar-refractivity contribution in [2.45, 2.75) is 13.0 Å². The minimum Gasteiger partial charge on any atom is -0.496 e. The molecule has 0 spiro atoms. The summed E-state index contributed by atoms with van der Waals surface area (Å²) < 4.78 is 22.7. The topological polar surface area (TPSA) is 39.4 Å². The van der Waals surface area contributed by atoms with Crippen LogP contribution in [0.4, 0.5) is 4.39 Å². The Hall–Kier alpha value is -3.09. The largest absolute Gasteiger partial charge is 0.496 e. The summed E-state index contributed by atoms with van der Waals surface area (Å²) in [4.78, 5) is 15.3. The lowest BCUT2D eigenvalue weighted by molar-refractivity contribution is 0.310. The average molecular weight is 454 g/mol. The van der Waals surface area contributed by atoms with Gasteiger partial charge in [-0.15, -0.1) is 12.4 Å². The highest BCUT2D eigenvalue weighted by Crippen LogP contribution is 2.32. The van der Waals surface area contributed by atoms with E-state index in [0.29, 0.717) is 16.9 Å². The number of halogens is 2. The number of methoxy groups -OCH3 is 1. The first-order valence-electron chi connectivity index (χ1n) is 10.3. The van der Waals surface area contributed by atoms with Crippen molar-refractivity contribution in [2.75, 3.05) is 20.7 Å². The van der Waals surface area contributed by atoms with Crippen molar-refractivity contribution in [1.82, 2.24) is 14.0 Å². The number of aromatic nitrogens is 2. The molecule has 2 aromatic carbocycles. The summed E-state index contributed by atoms with van der Waals surface area (Å²) in [5, 5.41) is 1.24. The van der Waals surface area contributed by atoms with Crippen LogP contribution in [0.3, 0.4) is 0 Å². The van der Waals surface area contributed by atoms with Gasteiger partial charge in [0.2, 0.25) is 0 Å². The molecule has 1 aliphatic rings. The van der Waals surface area contributed by atoms with Crippen molar-refractivity contribution in [3.8, 4) is 22.6 Å². The van der Waals surface area contributed by atoms with Crippen LogP contribution in [0.1, 0.15) is 11.3 Å². The van der Waals surface area contributed by atoms with Gasteiger partial charge >= 0.3 is 0 Å². The molecule has 2 aromatic heterocycles. The van der Waals surface area contributed by atoms with Crippen molar-refractivity contribution in [3.63, 3.8) is 0 Å². The van der Waals surface area contributed by atoms with E-state index in [4.69, 9.17) is 4.74 Å². The first-order chi connectivity index (χ1) is 15.0. The van der Waals surface area contributed by atoms with Crippen molar-refractivity contribution < 1.29 is 9.13 Å². The first-order valence-corrected chi connectivity index (χ1v) is 10.3.